The standard InChI is InChI=1S/C14H17N5O5/c1-17-12-11(13(22)18(2)14(17)23)19(7-16-12)6-10(21)15-5-9-8(20)3-4-24-9/h3-4,7,11-12,20H,5-6H2,1-2H3,(H,15,21). The molecule has 4 amide bonds. The lowest BCUT2D eigenvalue weighted by atomic mass is 10.1. The van der Waals surface area contributed by atoms with Crippen LogP contribution in [0.5, 0.6) is 5.75 Å². The van der Waals surface area contributed by atoms with Crippen LogP contribution >= 0.6 is 0 Å². The second-order valence-corrected chi connectivity index (χ2v) is 5.59. The van der Waals surface area contributed by atoms with Gasteiger partial charge in [-0.1, -0.05) is 0 Å². The van der Waals surface area contributed by atoms with E-state index in [2.05, 4.69) is 10.3 Å². The first-order valence-electron chi connectivity index (χ1n) is 7.25. The lowest BCUT2D eigenvalue weighted by molar-refractivity contribution is -0.136. The number of hydrogen-bond donors (Lipinski definition) is 2. The molecule has 0 bridgehead atoms. The lowest BCUT2D eigenvalue weighted by Crippen LogP contribution is -2.64. The molecule has 1 aromatic rings. The Labute approximate surface area is 137 Å². The molecule has 128 valence electrons. The van der Waals surface area contributed by atoms with Gasteiger partial charge in [-0.25, -0.2) is 9.79 Å². The highest BCUT2D eigenvalue weighted by Gasteiger charge is 2.48. The zero-order valence-corrected chi connectivity index (χ0v) is 13.2. The Balaban J connectivity index is 1.62. The van der Waals surface area contributed by atoms with Crippen molar-refractivity contribution in [1.29, 1.82) is 0 Å². The molecule has 2 aliphatic heterocycles. The topological polar surface area (TPSA) is 119 Å². The summed E-state index contributed by atoms with van der Waals surface area (Å²) in [5, 5.41) is 12.0. The highest BCUT2D eigenvalue weighted by molar-refractivity contribution is 6.02. The molecule has 10 nitrogen and oxygen atoms in total. The van der Waals surface area contributed by atoms with E-state index in [4.69, 9.17) is 4.42 Å². The van der Waals surface area contributed by atoms with Crippen molar-refractivity contribution >= 4 is 24.2 Å². The first-order valence-corrected chi connectivity index (χ1v) is 7.25. The summed E-state index contributed by atoms with van der Waals surface area (Å²) in [6.07, 6.45) is 2.08. The maximum absolute atomic E-state index is 12.3. The number of fused-ring (bicyclic) bond motifs is 1. The molecular weight excluding hydrogens is 318 g/mol. The fraction of sp³-hybridized carbons (Fsp3) is 0.429. The van der Waals surface area contributed by atoms with Gasteiger partial charge < -0.3 is 24.6 Å². The van der Waals surface area contributed by atoms with E-state index in [1.165, 1.54) is 35.5 Å². The average molecular weight is 335 g/mol. The van der Waals surface area contributed by atoms with Gasteiger partial charge in [0.2, 0.25) is 5.91 Å². The van der Waals surface area contributed by atoms with Gasteiger partial charge in [-0.2, -0.15) is 0 Å². The summed E-state index contributed by atoms with van der Waals surface area (Å²) in [6.45, 7) is -0.0727. The third kappa shape index (κ3) is 2.55. The number of carbonyl (C=O) groups excluding carboxylic acids is 3. The number of aromatic hydroxyl groups is 1. The van der Waals surface area contributed by atoms with Crippen molar-refractivity contribution in [2.75, 3.05) is 20.6 Å². The molecule has 1 saturated heterocycles. The normalized spacial score (nSPS) is 23.0. The van der Waals surface area contributed by atoms with E-state index in [1.54, 1.807) is 7.05 Å². The van der Waals surface area contributed by atoms with E-state index in [9.17, 15) is 19.5 Å². The van der Waals surface area contributed by atoms with E-state index < -0.39 is 24.1 Å². The second kappa shape index (κ2) is 5.87. The fourth-order valence-electron chi connectivity index (χ4n) is 2.71. The van der Waals surface area contributed by atoms with E-state index in [0.717, 1.165) is 4.90 Å². The Kier molecular flexibility index (Phi) is 3.87. The van der Waals surface area contributed by atoms with Crippen LogP contribution in [0.3, 0.4) is 0 Å². The molecular formula is C14H17N5O5. The minimum Gasteiger partial charge on any atom is -0.504 e. The zero-order valence-electron chi connectivity index (χ0n) is 13.2. The summed E-state index contributed by atoms with van der Waals surface area (Å²) in [4.78, 5) is 44.3. The Bertz CT molecular complexity index is 714. The van der Waals surface area contributed by atoms with E-state index in [-0.39, 0.29) is 30.5 Å². The molecule has 0 radical (unpaired) electrons. The molecule has 2 aliphatic rings. The molecule has 1 fully saturated rings. The Morgan fingerprint density at radius 2 is 2.17 bits per heavy atom. The largest absolute Gasteiger partial charge is 0.504 e. The lowest BCUT2D eigenvalue weighted by Gasteiger charge is -2.39. The smallest absolute Gasteiger partial charge is 0.328 e. The van der Waals surface area contributed by atoms with Crippen LogP contribution in [0.1, 0.15) is 5.76 Å². The molecule has 2 N–H and O–H groups in total. The van der Waals surface area contributed by atoms with Crippen molar-refractivity contribution in [1.82, 2.24) is 20.0 Å². The summed E-state index contributed by atoms with van der Waals surface area (Å²) in [5.41, 5.74) is 0. The van der Waals surface area contributed by atoms with Crippen LogP contribution in [-0.4, -0.2) is 76.8 Å². The maximum Gasteiger partial charge on any atom is 0.328 e. The Morgan fingerprint density at radius 3 is 2.83 bits per heavy atom. The van der Waals surface area contributed by atoms with Crippen molar-refractivity contribution in [3.8, 4) is 5.75 Å². The summed E-state index contributed by atoms with van der Waals surface area (Å²) in [5.74, 6) is -0.567. The number of nitrogens with zero attached hydrogens (tertiary/aromatic N) is 4. The molecule has 3 rings (SSSR count). The van der Waals surface area contributed by atoms with Crippen LogP contribution in [0.25, 0.3) is 0 Å². The number of amides is 4. The van der Waals surface area contributed by atoms with Gasteiger partial charge in [0, 0.05) is 20.2 Å². The number of hydrogen-bond acceptors (Lipinski definition) is 7. The van der Waals surface area contributed by atoms with Gasteiger partial charge in [0.25, 0.3) is 5.91 Å². The molecule has 10 heteroatoms. The number of rotatable bonds is 4. The summed E-state index contributed by atoms with van der Waals surface area (Å²) >= 11 is 0. The molecule has 0 saturated carbocycles. The van der Waals surface area contributed by atoms with Crippen LogP contribution in [0, 0.1) is 0 Å². The molecule has 2 unspecified atom stereocenters. The molecule has 2 atom stereocenters. The van der Waals surface area contributed by atoms with Gasteiger partial charge in [-0.3, -0.25) is 14.5 Å². The molecule has 0 aromatic carbocycles. The monoisotopic (exact) mass is 335 g/mol. The molecule has 0 aliphatic carbocycles. The van der Waals surface area contributed by atoms with Gasteiger partial charge in [-0.05, 0) is 0 Å². The van der Waals surface area contributed by atoms with Crippen molar-refractivity contribution in [2.24, 2.45) is 4.99 Å². The number of nitrogens with one attached hydrogen (secondary N) is 1. The highest BCUT2D eigenvalue weighted by atomic mass is 16.4. The van der Waals surface area contributed by atoms with E-state index in [1.807, 2.05) is 0 Å². The van der Waals surface area contributed by atoms with Gasteiger partial charge in [0.1, 0.15) is 0 Å². The van der Waals surface area contributed by atoms with Crippen LogP contribution in [0.4, 0.5) is 4.79 Å². The molecule has 3 heterocycles. The summed E-state index contributed by atoms with van der Waals surface area (Å²) in [6, 6.07) is 0.223. The average Bonchev–Trinajstić information content (AvgIpc) is 3.15. The first kappa shape index (κ1) is 15.8. The van der Waals surface area contributed by atoms with Crippen LogP contribution in [0.15, 0.2) is 21.7 Å². The van der Waals surface area contributed by atoms with Crippen molar-refractivity contribution < 1.29 is 23.9 Å². The first-order chi connectivity index (χ1) is 11.4. The molecule has 0 spiro atoms. The number of furan rings is 1. The third-order valence-electron chi connectivity index (χ3n) is 4.07. The van der Waals surface area contributed by atoms with Gasteiger partial charge in [0.05, 0.1) is 25.7 Å². The maximum atomic E-state index is 12.3. The van der Waals surface area contributed by atoms with Crippen molar-refractivity contribution in [2.45, 2.75) is 18.8 Å². The van der Waals surface area contributed by atoms with Crippen molar-refractivity contribution in [3.63, 3.8) is 0 Å². The van der Waals surface area contributed by atoms with Crippen LogP contribution in [-0.2, 0) is 16.1 Å². The fourth-order valence-corrected chi connectivity index (χ4v) is 2.71. The van der Waals surface area contributed by atoms with Gasteiger partial charge in [-0.15, -0.1) is 0 Å². The number of urea groups is 1. The third-order valence-corrected chi connectivity index (χ3v) is 4.07. The Hall–Kier alpha value is -3.04. The molecule has 24 heavy (non-hydrogen) atoms. The predicted molar refractivity (Wildman–Crippen MR) is 80.9 cm³/mol. The van der Waals surface area contributed by atoms with E-state index in [0.29, 0.717) is 0 Å². The van der Waals surface area contributed by atoms with Crippen molar-refractivity contribution in [3.05, 3.63) is 18.1 Å². The van der Waals surface area contributed by atoms with Gasteiger partial charge >= 0.3 is 6.03 Å². The van der Waals surface area contributed by atoms with Crippen LogP contribution < -0.4 is 5.32 Å². The number of likely N-dealkylation sites (N-methyl/N-ethyl adjacent to an activating group) is 2. The zero-order chi connectivity index (χ0) is 17.4. The second-order valence-electron chi connectivity index (χ2n) is 5.59. The summed E-state index contributed by atoms with van der Waals surface area (Å²) in [7, 11) is 2.96. The minimum absolute atomic E-state index is 0.0307. The van der Waals surface area contributed by atoms with Gasteiger partial charge in [0.15, 0.2) is 23.7 Å². The molecule has 1 aromatic heterocycles. The number of aliphatic imine (C=N–C) groups is 1. The quantitative estimate of drug-likeness (QED) is 0.741. The highest BCUT2D eigenvalue weighted by Crippen LogP contribution is 2.24. The Morgan fingerprint density at radius 1 is 1.42 bits per heavy atom. The number of imide groups is 1. The SMILES string of the molecule is CN1C(=O)C2C(N=CN2CC(=O)NCc2occc2O)N(C)C1=O. The minimum atomic E-state index is -0.722. The van der Waals surface area contributed by atoms with Crippen LogP contribution in [0.2, 0.25) is 0 Å². The predicted octanol–water partition coefficient (Wildman–Crippen LogP) is -0.836. The number of carbonyl (C=O) groups is 3. The van der Waals surface area contributed by atoms with E-state index >= 15 is 0 Å². The summed E-state index contributed by atoms with van der Waals surface area (Å²) < 4.78 is 5.02.